The molecule has 2 nitrogen and oxygen atoms in total. The number of hydrogen-bond donors (Lipinski definition) is 2. The summed E-state index contributed by atoms with van der Waals surface area (Å²) in [4.78, 5) is 0. The minimum Gasteiger partial charge on any atom is -0.311 e. The summed E-state index contributed by atoms with van der Waals surface area (Å²) in [7, 11) is 0. The molecule has 1 aliphatic rings. The van der Waals surface area contributed by atoms with Gasteiger partial charge in [-0.2, -0.15) is 0 Å². The summed E-state index contributed by atoms with van der Waals surface area (Å²) in [5.74, 6) is 0. The van der Waals surface area contributed by atoms with Crippen molar-refractivity contribution in [2.24, 2.45) is 0 Å². The smallest absolute Gasteiger partial charge is 0.0190 e. The van der Waals surface area contributed by atoms with Crippen molar-refractivity contribution in [2.45, 2.75) is 60.0 Å². The molecule has 2 atom stereocenters. The molecule has 0 aromatic carbocycles. The first-order chi connectivity index (χ1) is 6.22. The van der Waals surface area contributed by atoms with E-state index in [1.807, 2.05) is 13.8 Å². The second-order valence-electron chi connectivity index (χ2n) is 3.19. The fourth-order valence-electron chi connectivity index (χ4n) is 0.953. The van der Waals surface area contributed by atoms with Gasteiger partial charge in [0.15, 0.2) is 0 Å². The van der Waals surface area contributed by atoms with Gasteiger partial charge in [0.05, 0.1) is 0 Å². The summed E-state index contributed by atoms with van der Waals surface area (Å²) < 4.78 is 0. The minimum absolute atomic E-state index is 0. The molecule has 86 valence electrons. The highest BCUT2D eigenvalue weighted by Gasteiger charge is 2.13. The Hall–Kier alpha value is -0.0800. The molecule has 1 fully saturated rings. The van der Waals surface area contributed by atoms with Crippen LogP contribution in [0.1, 0.15) is 50.8 Å². The average Bonchev–Trinajstić information content (AvgIpc) is 2.15. The van der Waals surface area contributed by atoms with Crippen LogP contribution in [0.2, 0.25) is 0 Å². The van der Waals surface area contributed by atoms with E-state index in [-0.39, 0.29) is 2.85 Å². The molecule has 1 heterocycles. The lowest BCUT2D eigenvalue weighted by molar-refractivity contribution is 0.358. The molecule has 2 N–H and O–H groups in total. The maximum atomic E-state index is 3.37. The van der Waals surface area contributed by atoms with Gasteiger partial charge in [-0.1, -0.05) is 34.1 Å². The van der Waals surface area contributed by atoms with Gasteiger partial charge in [-0.25, -0.2) is 0 Å². The van der Waals surface area contributed by atoms with Gasteiger partial charge in [-0.15, -0.1) is 0 Å². The largest absolute Gasteiger partial charge is 0.311 e. The lowest BCUT2D eigenvalue weighted by atomic mass is 10.1. The third-order valence-corrected chi connectivity index (χ3v) is 1.81. The Labute approximate surface area is 87.5 Å². The van der Waals surface area contributed by atoms with Crippen LogP contribution in [0.25, 0.3) is 0 Å². The van der Waals surface area contributed by atoms with Gasteiger partial charge in [0.1, 0.15) is 0 Å². The van der Waals surface area contributed by atoms with Crippen molar-refractivity contribution in [1.29, 1.82) is 0 Å². The molecule has 0 aromatic heterocycles. The monoisotopic (exact) mass is 192 g/mol. The van der Waals surface area contributed by atoms with E-state index in [0.717, 1.165) is 13.1 Å². The Morgan fingerprint density at radius 3 is 1.38 bits per heavy atom. The van der Waals surface area contributed by atoms with Crippen LogP contribution in [0.4, 0.5) is 0 Å². The quantitative estimate of drug-likeness (QED) is 0.617. The van der Waals surface area contributed by atoms with Gasteiger partial charge < -0.3 is 10.6 Å². The minimum atomic E-state index is 0. The fourth-order valence-corrected chi connectivity index (χ4v) is 0.953. The van der Waals surface area contributed by atoms with E-state index in [1.54, 1.807) is 0 Å². The van der Waals surface area contributed by atoms with E-state index in [1.165, 1.54) is 6.42 Å². The molecular weight excluding hydrogens is 160 g/mol. The summed E-state index contributed by atoms with van der Waals surface area (Å²) in [6.07, 6.45) is 1.25. The number of hydrogen-bond acceptors (Lipinski definition) is 2. The molecule has 2 heteroatoms. The van der Waals surface area contributed by atoms with Crippen molar-refractivity contribution in [2.75, 3.05) is 13.1 Å². The summed E-state index contributed by atoms with van der Waals surface area (Å²) in [6, 6.07) is 1.28. The highest BCUT2D eigenvalue weighted by atomic mass is 15.1. The normalized spacial score (nSPS) is 26.3. The van der Waals surface area contributed by atoms with Crippen molar-refractivity contribution in [1.82, 2.24) is 10.6 Å². The van der Waals surface area contributed by atoms with Gasteiger partial charge >= 0.3 is 0 Å². The maximum absolute atomic E-state index is 3.37. The summed E-state index contributed by atoms with van der Waals surface area (Å²) in [5.41, 5.74) is 0. The highest BCUT2D eigenvalue weighted by molar-refractivity contribution is 4.79. The van der Waals surface area contributed by atoms with Crippen LogP contribution in [-0.4, -0.2) is 25.2 Å². The molecular formula is C11H32N2. The first kappa shape index (κ1) is 15.4. The van der Waals surface area contributed by atoms with Gasteiger partial charge in [0, 0.05) is 28.0 Å². The zero-order valence-electron chi connectivity index (χ0n) is 10.3. The van der Waals surface area contributed by atoms with Crippen molar-refractivity contribution < 1.29 is 2.85 Å². The first-order valence-corrected chi connectivity index (χ1v) is 5.69. The topological polar surface area (TPSA) is 24.1 Å². The van der Waals surface area contributed by atoms with Crippen molar-refractivity contribution in [3.8, 4) is 0 Å². The van der Waals surface area contributed by atoms with E-state index in [4.69, 9.17) is 0 Å². The first-order valence-electron chi connectivity index (χ1n) is 5.69. The Morgan fingerprint density at radius 2 is 1.23 bits per heavy atom. The van der Waals surface area contributed by atoms with E-state index < -0.39 is 0 Å². The van der Waals surface area contributed by atoms with E-state index in [2.05, 4.69) is 38.3 Å². The standard InChI is InChI=1S/C6H14N2.C3H8.C2H6.2H2/c1-5-6(2)8-4-3-7-5;1-3-2;1-2;;/h5-8H,3-4H2,1-2H3;3H2,1-2H3;1-2H3;2*1H. The van der Waals surface area contributed by atoms with Gasteiger partial charge in [-0.3, -0.25) is 0 Å². The van der Waals surface area contributed by atoms with Gasteiger partial charge in [0.25, 0.3) is 0 Å². The van der Waals surface area contributed by atoms with Gasteiger partial charge in [0.2, 0.25) is 0 Å². The van der Waals surface area contributed by atoms with Crippen LogP contribution in [0.15, 0.2) is 0 Å². The van der Waals surface area contributed by atoms with Crippen molar-refractivity contribution in [3.05, 3.63) is 0 Å². The van der Waals surface area contributed by atoms with Crippen LogP contribution in [0, 0.1) is 0 Å². The SMILES string of the molecule is CC.CC1NCCNC1C.CCC.[HH].[HH]. The molecule has 0 amide bonds. The number of piperazine rings is 1. The third kappa shape index (κ3) is 9.84. The van der Waals surface area contributed by atoms with Crippen LogP contribution >= 0.6 is 0 Å². The molecule has 1 saturated heterocycles. The second kappa shape index (κ2) is 11.9. The average molecular weight is 192 g/mol. The summed E-state index contributed by atoms with van der Waals surface area (Å²) in [5, 5.41) is 6.74. The molecule has 1 aliphatic heterocycles. The van der Waals surface area contributed by atoms with Crippen LogP contribution in [-0.2, 0) is 0 Å². The Bertz CT molecular complexity index is 82.7. The third-order valence-electron chi connectivity index (χ3n) is 1.81. The summed E-state index contributed by atoms with van der Waals surface area (Å²) >= 11 is 0. The lowest BCUT2D eigenvalue weighted by Crippen LogP contribution is -2.52. The van der Waals surface area contributed by atoms with Crippen molar-refractivity contribution >= 4 is 0 Å². The predicted molar refractivity (Wildman–Crippen MR) is 66.5 cm³/mol. The second-order valence-corrected chi connectivity index (χ2v) is 3.19. The van der Waals surface area contributed by atoms with Crippen LogP contribution in [0.5, 0.6) is 0 Å². The molecule has 1 rings (SSSR count). The molecule has 0 saturated carbocycles. The van der Waals surface area contributed by atoms with Crippen molar-refractivity contribution in [3.63, 3.8) is 0 Å². The molecule has 13 heavy (non-hydrogen) atoms. The molecule has 0 spiro atoms. The fraction of sp³-hybridized carbons (Fsp3) is 1.00. The molecule has 0 aliphatic carbocycles. The molecule has 2 unspecified atom stereocenters. The Kier molecular flexibility index (Phi) is 14.1. The predicted octanol–water partition coefficient (Wildman–Crippen LogP) is 2.89. The highest BCUT2D eigenvalue weighted by Crippen LogP contribution is 1.93. The zero-order valence-corrected chi connectivity index (χ0v) is 10.3. The van der Waals surface area contributed by atoms with E-state index >= 15 is 0 Å². The Morgan fingerprint density at radius 1 is 1.00 bits per heavy atom. The molecule has 0 radical (unpaired) electrons. The molecule has 0 aromatic rings. The lowest BCUT2D eigenvalue weighted by Gasteiger charge is -2.27. The van der Waals surface area contributed by atoms with E-state index in [0.29, 0.717) is 12.1 Å². The van der Waals surface area contributed by atoms with Crippen LogP contribution < -0.4 is 10.6 Å². The number of nitrogens with one attached hydrogen (secondary N) is 2. The summed E-state index contributed by atoms with van der Waals surface area (Å²) in [6.45, 7) is 14.9. The maximum Gasteiger partial charge on any atom is 0.0190 e. The number of rotatable bonds is 0. The van der Waals surface area contributed by atoms with Gasteiger partial charge in [-0.05, 0) is 13.8 Å². The van der Waals surface area contributed by atoms with Crippen LogP contribution in [0.3, 0.4) is 0 Å². The zero-order chi connectivity index (χ0) is 10.7. The Balaban J connectivity index is -0.0000000763. The van der Waals surface area contributed by atoms with E-state index in [9.17, 15) is 0 Å². The molecule has 0 bridgehead atoms.